The summed E-state index contributed by atoms with van der Waals surface area (Å²) in [7, 11) is 0. The monoisotopic (exact) mass is 1060 g/mol. The highest BCUT2D eigenvalue weighted by atomic mass is 14.5. The molecule has 74 heavy (non-hydrogen) atoms. The van der Waals surface area contributed by atoms with Crippen LogP contribution in [-0.4, -0.2) is 0 Å². The van der Waals surface area contributed by atoms with Crippen LogP contribution >= 0.6 is 0 Å². The van der Waals surface area contributed by atoms with Gasteiger partial charge in [-0.05, 0) is 62.2 Å². The third-order valence-electron chi connectivity index (χ3n) is 12.2. The van der Waals surface area contributed by atoms with Gasteiger partial charge in [-0.15, -0.1) is 0 Å². The number of hydrogen-bond acceptors (Lipinski definition) is 0. The molecule has 0 atom stereocenters. The van der Waals surface area contributed by atoms with Gasteiger partial charge in [0.15, 0.2) is 0 Å². The second kappa shape index (κ2) is 129. The molecule has 462 valence electrons. The van der Waals surface area contributed by atoms with Crippen molar-refractivity contribution in [1.82, 2.24) is 0 Å². The molecule has 1 aromatic carbocycles. The minimum Gasteiger partial charge on any atom is -0.0683 e. The van der Waals surface area contributed by atoms with Crippen molar-refractivity contribution in [3.05, 3.63) is 36.4 Å². The van der Waals surface area contributed by atoms with Crippen LogP contribution in [0.5, 0.6) is 0 Å². The molecule has 0 heterocycles. The predicted octanol–water partition coefficient (Wildman–Crippen LogP) is 30.6. The second-order valence-electron chi connectivity index (χ2n) is 16.6. The van der Waals surface area contributed by atoms with E-state index in [0.29, 0.717) is 0 Å². The van der Waals surface area contributed by atoms with Gasteiger partial charge in [-0.1, -0.05) is 423 Å². The maximum absolute atomic E-state index is 2.00. The molecule has 0 radical (unpaired) electrons. The first-order valence-electron chi connectivity index (χ1n) is 35.9. The van der Waals surface area contributed by atoms with Crippen molar-refractivity contribution in [2.45, 2.75) is 425 Å². The van der Waals surface area contributed by atoms with Crippen LogP contribution in [0.4, 0.5) is 0 Å². The molecule has 9 aliphatic rings. The van der Waals surface area contributed by atoms with Gasteiger partial charge in [-0.25, -0.2) is 0 Å². The van der Waals surface area contributed by atoms with E-state index in [1.54, 1.807) is 38.5 Å². The summed E-state index contributed by atoms with van der Waals surface area (Å²) in [6, 6.07) is 12.0. The van der Waals surface area contributed by atoms with Crippen LogP contribution in [0.3, 0.4) is 0 Å². The van der Waals surface area contributed by atoms with E-state index in [-0.39, 0.29) is 0 Å². The smallest absolute Gasteiger partial charge is 0.0406 e. The summed E-state index contributed by atoms with van der Waals surface area (Å²) < 4.78 is 0. The Bertz CT molecular complexity index is 574. The largest absolute Gasteiger partial charge is 0.0683 e. The highest BCUT2D eigenvalue weighted by Crippen LogP contribution is 2.53. The average molecular weight is 1060 g/mol. The molecule has 4 bridgehead atoms. The van der Waals surface area contributed by atoms with Crippen LogP contribution in [-0.2, 0) is 0 Å². The summed E-state index contributed by atoms with van der Waals surface area (Å²) in [6.07, 6.45) is 54.6. The Kier molecular flexibility index (Phi) is 178. The van der Waals surface area contributed by atoms with Crippen LogP contribution in [0.1, 0.15) is 425 Å². The Hall–Kier alpha value is -0.780. The molecule has 0 unspecified atom stereocenters. The van der Waals surface area contributed by atoms with Gasteiger partial charge in [-0.2, -0.15) is 0 Å². The lowest BCUT2D eigenvalue weighted by atomic mass is 9.56. The highest BCUT2D eigenvalue weighted by molar-refractivity contribution is 4.99. The van der Waals surface area contributed by atoms with Crippen molar-refractivity contribution < 1.29 is 0 Å². The van der Waals surface area contributed by atoms with E-state index in [9.17, 15) is 0 Å². The number of hydrogen-bond donors (Lipinski definition) is 0. The molecule has 9 fully saturated rings. The minimum absolute atomic E-state index is 1.18. The lowest BCUT2D eigenvalue weighted by Gasteiger charge is -2.49. The summed E-state index contributed by atoms with van der Waals surface area (Å²) in [5, 5.41) is 0. The second-order valence-corrected chi connectivity index (χ2v) is 16.6. The summed E-state index contributed by atoms with van der Waals surface area (Å²) in [5.74, 6) is 4.71. The summed E-state index contributed by atoms with van der Waals surface area (Å²) in [5.41, 5.74) is 0. The molecule has 9 saturated carbocycles. The molecular weight excluding hydrogens is 889 g/mol. The predicted molar refractivity (Wildman–Crippen MR) is 365 cm³/mol. The van der Waals surface area contributed by atoms with Crippen molar-refractivity contribution in [3.8, 4) is 0 Å². The maximum Gasteiger partial charge on any atom is -0.0406 e. The van der Waals surface area contributed by atoms with E-state index < -0.39 is 0 Å². The minimum atomic E-state index is 1.18. The third kappa shape index (κ3) is 100. The lowest BCUT2D eigenvalue weighted by molar-refractivity contribution is 0.0198. The highest BCUT2D eigenvalue weighted by Gasteiger charge is 2.41. The zero-order valence-electron chi connectivity index (χ0n) is 59.2. The van der Waals surface area contributed by atoms with Gasteiger partial charge < -0.3 is 0 Å². The molecule has 0 aromatic heterocycles. The molecule has 10 rings (SSSR count). The zero-order valence-corrected chi connectivity index (χ0v) is 59.2. The molecule has 0 nitrogen and oxygen atoms in total. The van der Waals surface area contributed by atoms with Gasteiger partial charge in [0.2, 0.25) is 0 Å². The van der Waals surface area contributed by atoms with E-state index >= 15 is 0 Å². The third-order valence-corrected chi connectivity index (χ3v) is 12.2. The average Bonchev–Trinajstić information content (AvgIpc) is 3.96. The molecule has 0 amide bonds. The number of benzene rings is 1. The van der Waals surface area contributed by atoms with Gasteiger partial charge in [-0.3, -0.25) is 0 Å². The molecule has 0 spiro atoms. The van der Waals surface area contributed by atoms with E-state index in [4.69, 9.17) is 0 Å². The van der Waals surface area contributed by atoms with Crippen LogP contribution in [0.25, 0.3) is 0 Å². The van der Waals surface area contributed by atoms with Gasteiger partial charge >= 0.3 is 0 Å². The van der Waals surface area contributed by atoms with Gasteiger partial charge in [0.25, 0.3) is 0 Å². The van der Waals surface area contributed by atoms with Gasteiger partial charge in [0, 0.05) is 0 Å². The van der Waals surface area contributed by atoms with Crippen LogP contribution in [0, 0.1) is 23.7 Å². The lowest BCUT2D eigenvalue weighted by Crippen LogP contribution is -2.38. The van der Waals surface area contributed by atoms with Crippen molar-refractivity contribution in [3.63, 3.8) is 0 Å². The first-order chi connectivity index (χ1) is 36.9. The SMILES string of the molecule is C1C2CC3CC1CC(C2)C3.C1CCC1.C1CCCC1.C1CCCCC1.C1CCCCCC1.C1CCCCCCC1.CC.CC.CC.CC.CC.CC.CC.CC.CC.CC.CC.CC.CC.CC.c1ccccc1. The van der Waals surface area contributed by atoms with E-state index in [2.05, 4.69) is 0 Å². The van der Waals surface area contributed by atoms with Gasteiger partial charge in [0.1, 0.15) is 0 Å². The number of rotatable bonds is 0. The summed E-state index contributed by atoms with van der Waals surface area (Å²) in [6.45, 7) is 56.0. The van der Waals surface area contributed by atoms with Crippen LogP contribution in [0.2, 0.25) is 0 Å². The molecule has 0 saturated heterocycles. The molecule has 1 aromatic rings. The zero-order chi connectivity index (χ0) is 60.0. The Labute approximate surface area is 482 Å². The fourth-order valence-electron chi connectivity index (χ4n) is 9.21. The topological polar surface area (TPSA) is 0 Å². The van der Waals surface area contributed by atoms with E-state index in [1.807, 2.05) is 230 Å². The van der Waals surface area contributed by atoms with Crippen LogP contribution in [0.15, 0.2) is 36.4 Å². The van der Waals surface area contributed by atoms with E-state index in [0.717, 1.165) is 0 Å². The summed E-state index contributed by atoms with van der Waals surface area (Å²) >= 11 is 0. The first-order valence-corrected chi connectivity index (χ1v) is 35.9. The fourth-order valence-corrected chi connectivity index (χ4v) is 9.21. The quantitative estimate of drug-likeness (QED) is 0.227. The van der Waals surface area contributed by atoms with Crippen molar-refractivity contribution in [1.29, 1.82) is 0 Å². The molecule has 9 aliphatic carbocycles. The molecule has 0 aliphatic heterocycles. The standard InChI is InChI=1S/C10H16.C8H16.C7H14.C6H12.C6H6.C5H10.C4H8.14C2H6/c1-7-2-9-4-8(1)5-10(3-7)6-9;1-2-4-6-8-7-5-3-1;1-2-4-6-7-5-3-1;2*1-2-4-6-5-3-1;1-2-4-5-3-1;1-2-4-3-1;14*1-2/h7-10H,1-6H2;1-8H2;1-7H2;1-6H2;1-6H;1-5H2;1-4H2;14*1-2H3. The Morgan fingerprint density at radius 1 is 0.122 bits per heavy atom. The molecule has 0 heteroatoms. The van der Waals surface area contributed by atoms with Crippen molar-refractivity contribution in [2.75, 3.05) is 0 Å². The van der Waals surface area contributed by atoms with E-state index in [1.165, 1.54) is 216 Å². The normalized spacial score (nSPS) is 19.3. The van der Waals surface area contributed by atoms with Crippen molar-refractivity contribution in [2.24, 2.45) is 23.7 Å². The Morgan fingerprint density at radius 3 is 0.230 bits per heavy atom. The summed E-state index contributed by atoms with van der Waals surface area (Å²) in [4.78, 5) is 0. The van der Waals surface area contributed by atoms with Gasteiger partial charge in [0.05, 0.1) is 0 Å². The first kappa shape index (κ1) is 102. The Balaban J connectivity index is -0.0000000567. The fraction of sp³-hybridized carbons (Fsp3) is 0.919. The Morgan fingerprint density at radius 2 is 0.176 bits per heavy atom. The molecular formula is C74H166. The molecule has 0 N–H and O–H groups in total. The van der Waals surface area contributed by atoms with Crippen LogP contribution < -0.4 is 0 Å². The maximum atomic E-state index is 2.00. The van der Waals surface area contributed by atoms with Crippen molar-refractivity contribution >= 4 is 0 Å².